The molecule has 1 aromatic carbocycles. The number of likely N-dealkylation sites (tertiary alicyclic amines) is 1. The van der Waals surface area contributed by atoms with E-state index in [-0.39, 0.29) is 30.8 Å². The number of hydrogen-bond donors (Lipinski definition) is 2. The van der Waals surface area contributed by atoms with Gasteiger partial charge in [0, 0.05) is 18.8 Å². The Morgan fingerprint density at radius 3 is 2.50 bits per heavy atom. The average molecular weight is 346 g/mol. The topological polar surface area (TPSA) is 61.4 Å². The van der Waals surface area contributed by atoms with Crippen molar-refractivity contribution in [3.63, 3.8) is 0 Å². The van der Waals surface area contributed by atoms with Crippen LogP contribution >= 0.6 is 24.0 Å². The van der Waals surface area contributed by atoms with Crippen molar-refractivity contribution in [1.82, 2.24) is 10.2 Å². The number of piperidine rings is 1. The summed E-state index contributed by atoms with van der Waals surface area (Å²) in [6.07, 6.45) is 3.26. The van der Waals surface area contributed by atoms with Crippen molar-refractivity contribution in [2.24, 2.45) is 0 Å². The van der Waals surface area contributed by atoms with Crippen molar-refractivity contribution < 1.29 is 9.59 Å². The molecule has 122 valence electrons. The quantitative estimate of drug-likeness (QED) is 0.881. The van der Waals surface area contributed by atoms with E-state index < -0.39 is 0 Å². The smallest absolute Gasteiger partial charge is 0.255 e. The fraction of sp³-hybridized carbons (Fsp3) is 0.467. The summed E-state index contributed by atoms with van der Waals surface area (Å²) in [5.41, 5.74) is 1.08. The van der Waals surface area contributed by atoms with Crippen molar-refractivity contribution in [3.8, 4) is 0 Å². The van der Waals surface area contributed by atoms with Crippen LogP contribution in [0.1, 0.15) is 29.6 Å². The number of carbonyl (C=O) groups is 2. The first-order valence-electron chi connectivity index (χ1n) is 7.15. The van der Waals surface area contributed by atoms with Gasteiger partial charge in [0.1, 0.15) is 0 Å². The number of nitrogens with one attached hydrogen (secondary N) is 2. The van der Waals surface area contributed by atoms with E-state index in [1.54, 1.807) is 25.2 Å². The van der Waals surface area contributed by atoms with Crippen molar-refractivity contribution in [2.45, 2.75) is 19.3 Å². The number of amides is 2. The second kappa shape index (κ2) is 8.98. The van der Waals surface area contributed by atoms with Gasteiger partial charge in [-0.2, -0.15) is 0 Å². The van der Waals surface area contributed by atoms with Crippen molar-refractivity contribution in [1.29, 1.82) is 0 Å². The van der Waals surface area contributed by atoms with Crippen LogP contribution in [-0.2, 0) is 4.79 Å². The molecule has 1 fully saturated rings. The zero-order chi connectivity index (χ0) is 15.2. The lowest BCUT2D eigenvalue weighted by Crippen LogP contribution is -2.35. The molecule has 22 heavy (non-hydrogen) atoms. The number of nitrogens with zero attached hydrogens (tertiary/aromatic N) is 1. The Bertz CT molecular complexity index is 532. The molecule has 2 N–H and O–H groups in total. The van der Waals surface area contributed by atoms with Crippen LogP contribution in [0.2, 0.25) is 5.02 Å². The summed E-state index contributed by atoms with van der Waals surface area (Å²) in [7, 11) is 1.70. The molecule has 0 bridgehead atoms. The molecule has 0 spiro atoms. The van der Waals surface area contributed by atoms with Gasteiger partial charge < -0.3 is 15.5 Å². The van der Waals surface area contributed by atoms with Crippen LogP contribution in [0.3, 0.4) is 0 Å². The zero-order valence-electron chi connectivity index (χ0n) is 12.5. The maximum absolute atomic E-state index is 12.4. The first kappa shape index (κ1) is 18.7. The number of anilines is 1. The van der Waals surface area contributed by atoms with Crippen LogP contribution in [0.15, 0.2) is 18.2 Å². The van der Waals surface area contributed by atoms with Crippen LogP contribution in [-0.4, -0.2) is 43.4 Å². The predicted octanol–water partition coefficient (Wildman–Crippen LogP) is 2.55. The monoisotopic (exact) mass is 345 g/mol. The molecule has 0 aliphatic carbocycles. The van der Waals surface area contributed by atoms with E-state index in [0.717, 1.165) is 25.9 Å². The Morgan fingerprint density at radius 1 is 1.23 bits per heavy atom. The molecule has 2 amide bonds. The minimum atomic E-state index is -0.149. The zero-order valence-corrected chi connectivity index (χ0v) is 14.1. The summed E-state index contributed by atoms with van der Waals surface area (Å²) in [6.45, 7) is 1.80. The summed E-state index contributed by atoms with van der Waals surface area (Å²) in [5.74, 6) is -0.184. The first-order valence-corrected chi connectivity index (χ1v) is 7.53. The lowest BCUT2D eigenvalue weighted by molar-refractivity contribution is -0.115. The highest BCUT2D eigenvalue weighted by atomic mass is 35.5. The van der Waals surface area contributed by atoms with Crippen LogP contribution < -0.4 is 10.6 Å². The maximum atomic E-state index is 12.4. The van der Waals surface area contributed by atoms with Gasteiger partial charge in [-0.15, -0.1) is 12.4 Å². The molecular weight excluding hydrogens is 325 g/mol. The Labute approximate surface area is 141 Å². The summed E-state index contributed by atoms with van der Waals surface area (Å²) in [5, 5.41) is 5.86. The molecule has 1 aliphatic rings. The van der Waals surface area contributed by atoms with Crippen molar-refractivity contribution >= 4 is 41.5 Å². The van der Waals surface area contributed by atoms with Crippen molar-refractivity contribution in [3.05, 3.63) is 28.8 Å². The number of rotatable bonds is 4. The van der Waals surface area contributed by atoms with Crippen LogP contribution in [0.4, 0.5) is 5.69 Å². The van der Waals surface area contributed by atoms with E-state index in [1.165, 1.54) is 6.42 Å². The molecule has 2 rings (SSSR count). The third-order valence-corrected chi connectivity index (χ3v) is 3.78. The molecule has 1 aromatic rings. The van der Waals surface area contributed by atoms with Gasteiger partial charge in [0.25, 0.3) is 5.91 Å². The maximum Gasteiger partial charge on any atom is 0.255 e. The molecule has 1 heterocycles. The highest BCUT2D eigenvalue weighted by Crippen LogP contribution is 2.23. The van der Waals surface area contributed by atoms with E-state index in [9.17, 15) is 9.59 Å². The fourth-order valence-corrected chi connectivity index (χ4v) is 2.66. The summed E-state index contributed by atoms with van der Waals surface area (Å²) >= 11 is 6.19. The minimum absolute atomic E-state index is 0. The predicted molar refractivity (Wildman–Crippen MR) is 91.0 cm³/mol. The van der Waals surface area contributed by atoms with E-state index in [0.29, 0.717) is 16.3 Å². The number of likely N-dealkylation sites (N-methyl/N-ethyl adjacent to an activating group) is 1. The third-order valence-electron chi connectivity index (χ3n) is 3.46. The lowest BCUT2D eigenvalue weighted by Gasteiger charge is -2.27. The Balaban J connectivity index is 0.00000242. The van der Waals surface area contributed by atoms with Crippen LogP contribution in [0.25, 0.3) is 0 Å². The molecule has 1 saturated heterocycles. The van der Waals surface area contributed by atoms with E-state index in [1.807, 2.05) is 4.90 Å². The van der Waals surface area contributed by atoms with Gasteiger partial charge in [0.05, 0.1) is 17.1 Å². The number of halogens is 2. The van der Waals surface area contributed by atoms with Gasteiger partial charge in [0.2, 0.25) is 5.91 Å². The Hall–Kier alpha value is -1.30. The highest BCUT2D eigenvalue weighted by molar-refractivity contribution is 6.34. The number of carbonyl (C=O) groups excluding carboxylic acids is 2. The SMILES string of the molecule is CNCC(=O)Nc1ccc(C(=O)N2CCCCC2)c(Cl)c1.Cl. The molecular formula is C15H21Cl2N3O2. The summed E-state index contributed by atoms with van der Waals surface area (Å²) in [4.78, 5) is 25.7. The molecule has 0 unspecified atom stereocenters. The molecule has 0 aromatic heterocycles. The largest absolute Gasteiger partial charge is 0.339 e. The highest BCUT2D eigenvalue weighted by Gasteiger charge is 2.20. The van der Waals surface area contributed by atoms with E-state index >= 15 is 0 Å². The Morgan fingerprint density at radius 2 is 1.91 bits per heavy atom. The summed E-state index contributed by atoms with van der Waals surface area (Å²) in [6, 6.07) is 5.00. The van der Waals surface area contributed by atoms with Gasteiger partial charge >= 0.3 is 0 Å². The molecule has 0 saturated carbocycles. The molecule has 5 nitrogen and oxygen atoms in total. The van der Waals surface area contributed by atoms with Crippen LogP contribution in [0, 0.1) is 0 Å². The molecule has 0 atom stereocenters. The number of benzene rings is 1. The first-order chi connectivity index (χ1) is 10.1. The summed E-state index contributed by atoms with van der Waals surface area (Å²) < 4.78 is 0. The van der Waals surface area contributed by atoms with Gasteiger partial charge in [-0.1, -0.05) is 11.6 Å². The van der Waals surface area contributed by atoms with Gasteiger partial charge in [-0.3, -0.25) is 9.59 Å². The lowest BCUT2D eigenvalue weighted by atomic mass is 10.1. The molecule has 1 aliphatic heterocycles. The molecule has 0 radical (unpaired) electrons. The van der Waals surface area contributed by atoms with E-state index in [4.69, 9.17) is 11.6 Å². The molecule has 7 heteroatoms. The second-order valence-electron chi connectivity index (χ2n) is 5.13. The van der Waals surface area contributed by atoms with E-state index in [2.05, 4.69) is 10.6 Å². The van der Waals surface area contributed by atoms with Crippen molar-refractivity contribution in [2.75, 3.05) is 32.0 Å². The average Bonchev–Trinajstić information content (AvgIpc) is 2.48. The van der Waals surface area contributed by atoms with Gasteiger partial charge in [-0.05, 0) is 44.5 Å². The third kappa shape index (κ3) is 4.87. The van der Waals surface area contributed by atoms with Crippen LogP contribution in [0.5, 0.6) is 0 Å². The van der Waals surface area contributed by atoms with Gasteiger partial charge in [0.15, 0.2) is 0 Å². The second-order valence-corrected chi connectivity index (χ2v) is 5.53. The fourth-order valence-electron chi connectivity index (χ4n) is 2.40. The minimum Gasteiger partial charge on any atom is -0.339 e. The Kier molecular flexibility index (Phi) is 7.65. The number of hydrogen-bond acceptors (Lipinski definition) is 3. The standard InChI is InChI=1S/C15H20ClN3O2.ClH/c1-17-10-14(20)18-11-5-6-12(13(16)9-11)15(21)19-7-3-2-4-8-19;/h5-6,9,17H,2-4,7-8,10H2,1H3,(H,18,20);1H. The van der Waals surface area contributed by atoms with Gasteiger partial charge in [-0.25, -0.2) is 0 Å². The normalized spacial score (nSPS) is 14.2.